The summed E-state index contributed by atoms with van der Waals surface area (Å²) in [7, 11) is 0. The van der Waals surface area contributed by atoms with Gasteiger partial charge in [-0.2, -0.15) is 0 Å². The van der Waals surface area contributed by atoms with Crippen molar-refractivity contribution in [3.05, 3.63) is 27.3 Å². The molecule has 0 unspecified atom stereocenters. The highest BCUT2D eigenvalue weighted by Gasteiger charge is 2.13. The molecule has 0 amide bonds. The molecule has 2 aromatic rings. The molecule has 6 nitrogen and oxygen atoms in total. The zero-order valence-electron chi connectivity index (χ0n) is 6.20. The van der Waals surface area contributed by atoms with E-state index in [1.54, 1.807) is 13.0 Å². The highest BCUT2D eigenvalue weighted by atomic mass is 16.8. The van der Waals surface area contributed by atoms with E-state index in [1.165, 1.54) is 0 Å². The van der Waals surface area contributed by atoms with Crippen LogP contribution in [0.25, 0.3) is 11.0 Å². The Morgan fingerprint density at radius 1 is 1.75 bits per heavy atom. The molecule has 0 aliphatic rings. The van der Waals surface area contributed by atoms with Crippen molar-refractivity contribution in [1.29, 1.82) is 0 Å². The second-order valence-corrected chi connectivity index (χ2v) is 2.45. The van der Waals surface area contributed by atoms with Crippen molar-refractivity contribution in [3.8, 4) is 0 Å². The Bertz CT molecular complexity index is 484. The Labute approximate surface area is 66.0 Å². The van der Waals surface area contributed by atoms with Crippen molar-refractivity contribution in [2.45, 2.75) is 6.92 Å². The zero-order chi connectivity index (χ0) is 8.72. The normalized spacial score (nSPS) is 10.8. The molecular weight excluding hydrogens is 162 g/mol. The van der Waals surface area contributed by atoms with Gasteiger partial charge in [-0.05, 0) is 11.8 Å². The van der Waals surface area contributed by atoms with Gasteiger partial charge in [0.05, 0.1) is 0 Å². The summed E-state index contributed by atoms with van der Waals surface area (Å²) in [6, 6.07) is 1.56. The molecule has 0 saturated heterocycles. The Hall–Kier alpha value is -1.85. The van der Waals surface area contributed by atoms with Gasteiger partial charge >= 0.3 is 5.56 Å². The predicted octanol–water partition coefficient (Wildman–Crippen LogP) is -0.542. The molecule has 2 aromatic heterocycles. The third-order valence-electron chi connectivity index (χ3n) is 1.52. The highest BCUT2D eigenvalue weighted by Crippen LogP contribution is 2.01. The minimum atomic E-state index is -0.485. The SMILES string of the molecule is Cc1cc2no[n+]([O-])c2c(=O)[nH]1. The molecule has 0 saturated carbocycles. The highest BCUT2D eigenvalue weighted by molar-refractivity contribution is 5.68. The van der Waals surface area contributed by atoms with E-state index in [4.69, 9.17) is 0 Å². The summed E-state index contributed by atoms with van der Waals surface area (Å²) in [4.78, 5) is 13.7. The smallest absolute Gasteiger partial charge is 0.304 e. The molecule has 12 heavy (non-hydrogen) atoms. The fourth-order valence-corrected chi connectivity index (χ4v) is 1.03. The molecule has 0 aliphatic carbocycles. The Kier molecular flexibility index (Phi) is 1.18. The molecule has 62 valence electrons. The molecule has 0 bridgehead atoms. The number of nitrogens with zero attached hydrogens (tertiary/aromatic N) is 2. The third-order valence-corrected chi connectivity index (χ3v) is 1.52. The fourth-order valence-electron chi connectivity index (χ4n) is 1.03. The van der Waals surface area contributed by atoms with Gasteiger partial charge in [0, 0.05) is 16.9 Å². The van der Waals surface area contributed by atoms with E-state index in [0.29, 0.717) is 5.69 Å². The van der Waals surface area contributed by atoms with Gasteiger partial charge in [-0.1, -0.05) is 0 Å². The van der Waals surface area contributed by atoms with Gasteiger partial charge in [-0.25, -0.2) is 0 Å². The maximum Gasteiger partial charge on any atom is 0.304 e. The van der Waals surface area contributed by atoms with Crippen LogP contribution in [-0.2, 0) is 0 Å². The number of hydrogen-bond acceptors (Lipinski definition) is 4. The number of aromatic amines is 1. The van der Waals surface area contributed by atoms with Crippen LogP contribution in [-0.4, -0.2) is 10.1 Å². The van der Waals surface area contributed by atoms with Crippen LogP contribution in [0, 0.1) is 12.1 Å². The minimum Gasteiger partial charge on any atom is -0.359 e. The third kappa shape index (κ3) is 0.777. The maximum absolute atomic E-state index is 11.1. The van der Waals surface area contributed by atoms with Gasteiger partial charge in [0.25, 0.3) is 11.0 Å². The lowest BCUT2D eigenvalue weighted by atomic mass is 10.3. The average molecular weight is 167 g/mol. The number of fused-ring (bicyclic) bond motifs is 1. The number of aromatic nitrogens is 3. The molecule has 0 spiro atoms. The molecule has 0 atom stereocenters. The maximum atomic E-state index is 11.1. The van der Waals surface area contributed by atoms with Crippen molar-refractivity contribution in [2.24, 2.45) is 0 Å². The van der Waals surface area contributed by atoms with Crippen molar-refractivity contribution in [1.82, 2.24) is 10.1 Å². The van der Waals surface area contributed by atoms with E-state index in [1.807, 2.05) is 0 Å². The molecule has 2 heterocycles. The number of rotatable bonds is 0. The quantitative estimate of drug-likeness (QED) is 0.534. The van der Waals surface area contributed by atoms with Gasteiger partial charge in [0.15, 0.2) is 0 Å². The second kappa shape index (κ2) is 2.07. The summed E-state index contributed by atoms with van der Waals surface area (Å²) in [5.74, 6) is 0. The summed E-state index contributed by atoms with van der Waals surface area (Å²) < 4.78 is 4.24. The molecule has 0 fully saturated rings. The van der Waals surface area contributed by atoms with E-state index < -0.39 is 5.56 Å². The number of pyridine rings is 1. The molecule has 2 rings (SSSR count). The first-order valence-corrected chi connectivity index (χ1v) is 3.28. The number of nitrogens with one attached hydrogen (secondary N) is 1. The summed E-state index contributed by atoms with van der Waals surface area (Å²) >= 11 is 0. The van der Waals surface area contributed by atoms with Crippen LogP contribution in [0.5, 0.6) is 0 Å². The Morgan fingerprint density at radius 3 is 3.25 bits per heavy atom. The first kappa shape index (κ1) is 6.84. The van der Waals surface area contributed by atoms with Gasteiger partial charge in [0.1, 0.15) is 0 Å². The molecule has 0 aromatic carbocycles. The van der Waals surface area contributed by atoms with Gasteiger partial charge in [-0.3, -0.25) is 9.42 Å². The van der Waals surface area contributed by atoms with Crippen LogP contribution in [0.2, 0.25) is 0 Å². The fraction of sp³-hybridized carbons (Fsp3) is 0.167. The topological polar surface area (TPSA) is 85.8 Å². The predicted molar refractivity (Wildman–Crippen MR) is 38.3 cm³/mol. The lowest BCUT2D eigenvalue weighted by molar-refractivity contribution is -0.782. The lowest BCUT2D eigenvalue weighted by Crippen LogP contribution is -2.29. The number of H-pyrrole nitrogens is 1. The molecule has 0 radical (unpaired) electrons. The van der Waals surface area contributed by atoms with E-state index in [0.717, 1.165) is 0 Å². The number of hydrogen-bond donors (Lipinski definition) is 1. The van der Waals surface area contributed by atoms with Crippen LogP contribution in [0.4, 0.5) is 0 Å². The van der Waals surface area contributed by atoms with Crippen molar-refractivity contribution >= 4 is 11.0 Å². The molecule has 0 aliphatic heterocycles. The second-order valence-electron chi connectivity index (χ2n) is 2.45. The average Bonchev–Trinajstić information content (AvgIpc) is 2.31. The minimum absolute atomic E-state index is 0.0909. The van der Waals surface area contributed by atoms with Gasteiger partial charge in [0.2, 0.25) is 0 Å². The van der Waals surface area contributed by atoms with E-state index >= 15 is 0 Å². The van der Waals surface area contributed by atoms with Crippen LogP contribution < -0.4 is 10.5 Å². The van der Waals surface area contributed by atoms with Crippen LogP contribution >= 0.6 is 0 Å². The van der Waals surface area contributed by atoms with Gasteiger partial charge < -0.3 is 10.2 Å². The standard InChI is InChI=1S/C6H5N3O3/c1-3-2-4-5(6(10)7-3)9(11)12-8-4/h2H,1H3,(H,7,10). The zero-order valence-corrected chi connectivity index (χ0v) is 6.20. The van der Waals surface area contributed by atoms with Crippen LogP contribution in [0.3, 0.4) is 0 Å². The summed E-state index contributed by atoms with van der Waals surface area (Å²) in [5, 5.41) is 14.2. The lowest BCUT2D eigenvalue weighted by Gasteiger charge is -1.87. The van der Waals surface area contributed by atoms with Crippen molar-refractivity contribution in [2.75, 3.05) is 0 Å². The van der Waals surface area contributed by atoms with Crippen LogP contribution in [0.15, 0.2) is 15.5 Å². The molecule has 1 N–H and O–H groups in total. The number of aryl methyl sites for hydroxylation is 1. The van der Waals surface area contributed by atoms with E-state index in [2.05, 4.69) is 14.8 Å². The summed E-state index contributed by atoms with van der Waals surface area (Å²) in [5.41, 5.74) is 0.328. The molecule has 6 heteroatoms. The Morgan fingerprint density at radius 2 is 2.50 bits per heavy atom. The van der Waals surface area contributed by atoms with Crippen molar-refractivity contribution in [3.63, 3.8) is 0 Å². The summed E-state index contributed by atoms with van der Waals surface area (Å²) in [6.07, 6.45) is 0. The van der Waals surface area contributed by atoms with E-state index in [9.17, 15) is 10.0 Å². The molecular formula is C6H5N3O3. The van der Waals surface area contributed by atoms with E-state index in [-0.39, 0.29) is 15.9 Å². The van der Waals surface area contributed by atoms with Crippen LogP contribution in [0.1, 0.15) is 5.69 Å². The largest absolute Gasteiger partial charge is 0.359 e. The monoisotopic (exact) mass is 167 g/mol. The first-order chi connectivity index (χ1) is 5.68. The first-order valence-electron chi connectivity index (χ1n) is 3.28. The Balaban J connectivity index is 3.03. The van der Waals surface area contributed by atoms with Gasteiger partial charge in [-0.15, -0.1) is 0 Å². The summed E-state index contributed by atoms with van der Waals surface area (Å²) in [6.45, 7) is 1.70. The van der Waals surface area contributed by atoms with Crippen molar-refractivity contribution < 1.29 is 9.53 Å².